The third kappa shape index (κ3) is 3.57. The summed E-state index contributed by atoms with van der Waals surface area (Å²) in [7, 11) is 1.63. The molecule has 0 radical (unpaired) electrons. The SMILES string of the molecule is CCOc1ccc(NCc2ccc(O)cc2)cc1OC. The molecule has 4 nitrogen and oxygen atoms in total. The van der Waals surface area contributed by atoms with E-state index >= 15 is 0 Å². The van der Waals surface area contributed by atoms with Gasteiger partial charge in [-0.2, -0.15) is 0 Å². The van der Waals surface area contributed by atoms with Gasteiger partial charge in [-0.1, -0.05) is 12.1 Å². The molecule has 0 saturated heterocycles. The Kier molecular flexibility index (Phi) is 4.71. The molecule has 2 aromatic rings. The number of phenolic OH excluding ortho intramolecular Hbond substituents is 1. The summed E-state index contributed by atoms with van der Waals surface area (Å²) in [5, 5.41) is 12.5. The van der Waals surface area contributed by atoms with Crippen LogP contribution in [0.5, 0.6) is 17.2 Å². The van der Waals surface area contributed by atoms with Crippen molar-refractivity contribution in [1.82, 2.24) is 0 Å². The molecule has 0 heterocycles. The summed E-state index contributed by atoms with van der Waals surface area (Å²) in [6, 6.07) is 12.9. The number of hydrogen-bond acceptors (Lipinski definition) is 4. The molecule has 2 aromatic carbocycles. The van der Waals surface area contributed by atoms with Crippen LogP contribution < -0.4 is 14.8 Å². The Bertz CT molecular complexity index is 552. The van der Waals surface area contributed by atoms with Crippen LogP contribution in [0.4, 0.5) is 5.69 Å². The van der Waals surface area contributed by atoms with E-state index in [1.165, 1.54) is 0 Å². The highest BCUT2D eigenvalue weighted by Gasteiger charge is 2.05. The number of nitrogens with one attached hydrogen (secondary N) is 1. The lowest BCUT2D eigenvalue weighted by atomic mass is 10.2. The molecule has 4 heteroatoms. The van der Waals surface area contributed by atoms with Crippen molar-refractivity contribution >= 4 is 5.69 Å². The van der Waals surface area contributed by atoms with Crippen LogP contribution in [-0.4, -0.2) is 18.8 Å². The first-order chi connectivity index (χ1) is 9.72. The van der Waals surface area contributed by atoms with E-state index in [0.717, 1.165) is 17.0 Å². The van der Waals surface area contributed by atoms with Crippen LogP contribution >= 0.6 is 0 Å². The number of methoxy groups -OCH3 is 1. The standard InChI is InChI=1S/C16H19NO3/c1-3-20-15-9-6-13(10-16(15)19-2)17-11-12-4-7-14(18)8-5-12/h4-10,17-18H,3,11H2,1-2H3. The normalized spacial score (nSPS) is 10.1. The predicted octanol–water partition coefficient (Wildman–Crippen LogP) is 3.41. The fraction of sp³-hybridized carbons (Fsp3) is 0.250. The summed E-state index contributed by atoms with van der Waals surface area (Å²) in [6.45, 7) is 3.23. The monoisotopic (exact) mass is 273 g/mol. The number of aromatic hydroxyl groups is 1. The zero-order valence-corrected chi connectivity index (χ0v) is 11.7. The molecule has 0 aliphatic rings. The van der Waals surface area contributed by atoms with Crippen molar-refractivity contribution in [3.8, 4) is 17.2 Å². The Labute approximate surface area is 119 Å². The van der Waals surface area contributed by atoms with Gasteiger partial charge in [-0.3, -0.25) is 0 Å². The van der Waals surface area contributed by atoms with Crippen molar-refractivity contribution in [3.63, 3.8) is 0 Å². The number of hydrogen-bond donors (Lipinski definition) is 2. The van der Waals surface area contributed by atoms with Crippen LogP contribution in [0.15, 0.2) is 42.5 Å². The number of phenols is 1. The summed E-state index contributed by atoms with van der Waals surface area (Å²) < 4.78 is 10.8. The van der Waals surface area contributed by atoms with Crippen LogP contribution in [0.3, 0.4) is 0 Å². The first-order valence-electron chi connectivity index (χ1n) is 6.55. The van der Waals surface area contributed by atoms with Gasteiger partial charge in [0, 0.05) is 18.3 Å². The molecule has 0 aromatic heterocycles. The molecule has 0 amide bonds. The van der Waals surface area contributed by atoms with Crippen molar-refractivity contribution in [2.24, 2.45) is 0 Å². The van der Waals surface area contributed by atoms with Crippen molar-refractivity contribution < 1.29 is 14.6 Å². The molecule has 20 heavy (non-hydrogen) atoms. The molecule has 0 fully saturated rings. The average molecular weight is 273 g/mol. The van der Waals surface area contributed by atoms with Gasteiger partial charge in [0.05, 0.1) is 13.7 Å². The van der Waals surface area contributed by atoms with E-state index in [9.17, 15) is 5.11 Å². The summed E-state index contributed by atoms with van der Waals surface area (Å²) >= 11 is 0. The maximum atomic E-state index is 9.24. The van der Waals surface area contributed by atoms with Crippen molar-refractivity contribution in [2.75, 3.05) is 19.0 Å². The highest BCUT2D eigenvalue weighted by molar-refractivity contribution is 5.55. The Balaban J connectivity index is 2.04. The van der Waals surface area contributed by atoms with Crippen molar-refractivity contribution in [1.29, 1.82) is 0 Å². The lowest BCUT2D eigenvalue weighted by Crippen LogP contribution is -2.01. The van der Waals surface area contributed by atoms with Gasteiger partial charge in [0.1, 0.15) is 5.75 Å². The molecular weight excluding hydrogens is 254 g/mol. The molecule has 0 atom stereocenters. The van der Waals surface area contributed by atoms with Crippen LogP contribution in [0.25, 0.3) is 0 Å². The minimum Gasteiger partial charge on any atom is -0.508 e. The third-order valence-electron chi connectivity index (χ3n) is 2.90. The Morgan fingerprint density at radius 3 is 2.45 bits per heavy atom. The number of benzene rings is 2. The molecule has 0 aliphatic carbocycles. The molecule has 0 spiro atoms. The minimum atomic E-state index is 0.275. The fourth-order valence-corrected chi connectivity index (χ4v) is 1.87. The molecule has 0 aliphatic heterocycles. The van der Waals surface area contributed by atoms with E-state index in [1.54, 1.807) is 19.2 Å². The average Bonchev–Trinajstić information content (AvgIpc) is 2.48. The second kappa shape index (κ2) is 6.70. The maximum Gasteiger partial charge on any atom is 0.162 e. The topological polar surface area (TPSA) is 50.7 Å². The minimum absolute atomic E-state index is 0.275. The Morgan fingerprint density at radius 1 is 1.05 bits per heavy atom. The van der Waals surface area contributed by atoms with Gasteiger partial charge in [-0.25, -0.2) is 0 Å². The first kappa shape index (κ1) is 14.1. The number of anilines is 1. The lowest BCUT2D eigenvalue weighted by Gasteiger charge is -2.12. The summed E-state index contributed by atoms with van der Waals surface area (Å²) in [6.07, 6.45) is 0. The smallest absolute Gasteiger partial charge is 0.162 e. The second-order valence-electron chi connectivity index (χ2n) is 4.32. The summed E-state index contributed by atoms with van der Waals surface area (Å²) in [5.41, 5.74) is 2.05. The fourth-order valence-electron chi connectivity index (χ4n) is 1.87. The van der Waals surface area contributed by atoms with Crippen LogP contribution in [-0.2, 0) is 6.54 Å². The zero-order valence-electron chi connectivity index (χ0n) is 11.7. The molecular formula is C16H19NO3. The van der Waals surface area contributed by atoms with Gasteiger partial charge in [0.15, 0.2) is 11.5 Å². The van der Waals surface area contributed by atoms with Crippen molar-refractivity contribution in [3.05, 3.63) is 48.0 Å². The number of rotatable bonds is 6. The number of ether oxygens (including phenoxy) is 2. The molecule has 0 unspecified atom stereocenters. The molecule has 106 valence electrons. The van der Waals surface area contributed by atoms with Gasteiger partial charge in [0.25, 0.3) is 0 Å². The quantitative estimate of drug-likeness (QED) is 0.846. The van der Waals surface area contributed by atoms with E-state index in [4.69, 9.17) is 9.47 Å². The van der Waals surface area contributed by atoms with Gasteiger partial charge in [-0.15, -0.1) is 0 Å². The van der Waals surface area contributed by atoms with Gasteiger partial charge in [-0.05, 0) is 36.8 Å². The molecule has 2 N–H and O–H groups in total. The Hall–Kier alpha value is -2.36. The largest absolute Gasteiger partial charge is 0.508 e. The van der Waals surface area contributed by atoms with E-state index < -0.39 is 0 Å². The zero-order chi connectivity index (χ0) is 14.4. The first-order valence-corrected chi connectivity index (χ1v) is 6.55. The summed E-state index contributed by atoms with van der Waals surface area (Å²) in [5.74, 6) is 1.73. The maximum absolute atomic E-state index is 9.24. The van der Waals surface area contributed by atoms with Crippen molar-refractivity contribution in [2.45, 2.75) is 13.5 Å². The molecule has 2 rings (SSSR count). The predicted molar refractivity (Wildman–Crippen MR) is 79.6 cm³/mol. The van der Waals surface area contributed by atoms with E-state index in [2.05, 4.69) is 5.32 Å². The Morgan fingerprint density at radius 2 is 1.80 bits per heavy atom. The van der Waals surface area contributed by atoms with Crippen LogP contribution in [0.1, 0.15) is 12.5 Å². The van der Waals surface area contributed by atoms with Gasteiger partial charge in [0.2, 0.25) is 0 Å². The van der Waals surface area contributed by atoms with Crippen LogP contribution in [0.2, 0.25) is 0 Å². The highest BCUT2D eigenvalue weighted by atomic mass is 16.5. The van der Waals surface area contributed by atoms with E-state index in [0.29, 0.717) is 18.9 Å². The lowest BCUT2D eigenvalue weighted by molar-refractivity contribution is 0.311. The third-order valence-corrected chi connectivity index (χ3v) is 2.90. The molecule has 0 bridgehead atoms. The molecule has 0 saturated carbocycles. The van der Waals surface area contributed by atoms with Crippen LogP contribution in [0, 0.1) is 0 Å². The second-order valence-corrected chi connectivity index (χ2v) is 4.32. The highest BCUT2D eigenvalue weighted by Crippen LogP contribution is 2.30. The van der Waals surface area contributed by atoms with Gasteiger partial charge >= 0.3 is 0 Å². The van der Waals surface area contributed by atoms with E-state index in [1.807, 2.05) is 37.3 Å². The van der Waals surface area contributed by atoms with Gasteiger partial charge < -0.3 is 19.9 Å². The summed E-state index contributed by atoms with van der Waals surface area (Å²) in [4.78, 5) is 0. The van der Waals surface area contributed by atoms with E-state index in [-0.39, 0.29) is 5.75 Å².